The number of aromatic hydroxyl groups is 6. The number of hydrogen-bond acceptors (Lipinski definition) is 14. The van der Waals surface area contributed by atoms with E-state index in [2.05, 4.69) is 0 Å². The summed E-state index contributed by atoms with van der Waals surface area (Å²) in [4.78, 5) is 36.9. The summed E-state index contributed by atoms with van der Waals surface area (Å²) in [6.07, 6.45) is -4.48. The van der Waals surface area contributed by atoms with Gasteiger partial charge >= 0.3 is 5.97 Å². The van der Waals surface area contributed by atoms with Crippen LogP contribution in [0.5, 0.6) is 34.5 Å². The van der Waals surface area contributed by atoms with E-state index in [4.69, 9.17) is 18.9 Å². The molecule has 0 amide bonds. The number of esters is 1. The van der Waals surface area contributed by atoms with E-state index in [9.17, 15) is 50.1 Å². The van der Waals surface area contributed by atoms with Crippen LogP contribution in [0.4, 0.5) is 0 Å². The van der Waals surface area contributed by atoms with Crippen LogP contribution in [0.3, 0.4) is 0 Å². The highest BCUT2D eigenvalue weighted by molar-refractivity contribution is 6.05. The molecule has 2 aromatic rings. The fraction of sp³-hybridized carbons (Fsp3) is 0.348. The predicted molar refractivity (Wildman–Crippen MR) is 120 cm³/mol. The lowest BCUT2D eigenvalue weighted by atomic mass is 9.89. The molecule has 200 valence electrons. The Bertz CT molecular complexity index is 1210. The average Bonchev–Trinajstić information content (AvgIpc) is 2.89. The minimum absolute atomic E-state index is 0.111. The SMILES string of the molecule is COC1[C@@H](OC)OC(CO)[C@@H](OC(=O)c2cc(O)c(O)c(O)c2-c2c(C=O)cc(O)c(O)c2O)[C@@H]1C=O. The number of carbonyl (C=O) groups is 3. The molecule has 14 nitrogen and oxygen atoms in total. The smallest absolute Gasteiger partial charge is 0.339 e. The molecule has 2 unspecified atom stereocenters. The van der Waals surface area contributed by atoms with E-state index >= 15 is 0 Å². The van der Waals surface area contributed by atoms with Gasteiger partial charge in [-0.05, 0) is 12.1 Å². The second-order valence-corrected chi connectivity index (χ2v) is 7.94. The summed E-state index contributed by atoms with van der Waals surface area (Å²) >= 11 is 0. The van der Waals surface area contributed by atoms with E-state index in [0.29, 0.717) is 18.4 Å². The van der Waals surface area contributed by atoms with Crippen molar-refractivity contribution < 1.29 is 69.1 Å². The van der Waals surface area contributed by atoms with Crippen molar-refractivity contribution in [2.75, 3.05) is 20.8 Å². The zero-order chi connectivity index (χ0) is 27.6. The van der Waals surface area contributed by atoms with Gasteiger partial charge in [0.1, 0.15) is 24.6 Å². The highest BCUT2D eigenvalue weighted by atomic mass is 16.7. The van der Waals surface area contributed by atoms with Crippen LogP contribution in [0.1, 0.15) is 20.7 Å². The molecule has 3 rings (SSSR count). The Hall–Kier alpha value is -4.11. The first-order valence-corrected chi connectivity index (χ1v) is 10.6. The van der Waals surface area contributed by atoms with Crippen LogP contribution in [0.2, 0.25) is 0 Å². The van der Waals surface area contributed by atoms with Crippen LogP contribution in [0.25, 0.3) is 11.1 Å². The van der Waals surface area contributed by atoms with E-state index in [-0.39, 0.29) is 6.29 Å². The molecule has 1 aliphatic rings. The van der Waals surface area contributed by atoms with Crippen molar-refractivity contribution in [3.8, 4) is 45.6 Å². The number of rotatable bonds is 8. The third-order valence-electron chi connectivity index (χ3n) is 5.92. The molecule has 1 fully saturated rings. The summed E-state index contributed by atoms with van der Waals surface area (Å²) < 4.78 is 21.3. The minimum Gasteiger partial charge on any atom is -0.504 e. The molecule has 0 spiro atoms. The Balaban J connectivity index is 2.19. The van der Waals surface area contributed by atoms with Gasteiger partial charge in [-0.3, -0.25) is 4.79 Å². The van der Waals surface area contributed by atoms with E-state index < -0.39 is 99.8 Å². The third-order valence-corrected chi connectivity index (χ3v) is 5.92. The lowest BCUT2D eigenvalue weighted by Crippen LogP contribution is -2.58. The topological polar surface area (TPSA) is 230 Å². The molecule has 0 aromatic heterocycles. The minimum atomic E-state index is -1.50. The Kier molecular flexibility index (Phi) is 8.08. The molecule has 0 saturated carbocycles. The first kappa shape index (κ1) is 27.5. The molecule has 1 heterocycles. The monoisotopic (exact) mass is 524 g/mol. The number of carbonyl (C=O) groups excluding carboxylic acids is 3. The summed E-state index contributed by atoms with van der Waals surface area (Å²) in [5.74, 6) is -9.16. The van der Waals surface area contributed by atoms with Crippen LogP contribution in [-0.4, -0.2) is 99.7 Å². The first-order valence-electron chi connectivity index (χ1n) is 10.6. The van der Waals surface area contributed by atoms with Gasteiger partial charge < -0.3 is 59.5 Å². The fourth-order valence-electron chi connectivity index (χ4n) is 4.12. The normalized spacial score (nSPS) is 23.4. The number of phenolic OH excluding ortho intramolecular Hbond substituents is 6. The van der Waals surface area contributed by atoms with E-state index in [0.717, 1.165) is 0 Å². The number of methoxy groups -OCH3 is 2. The molecular weight excluding hydrogens is 500 g/mol. The molecule has 7 N–H and O–H groups in total. The van der Waals surface area contributed by atoms with Crippen molar-refractivity contribution in [2.45, 2.75) is 24.6 Å². The molecule has 1 saturated heterocycles. The van der Waals surface area contributed by atoms with Gasteiger partial charge in [0.15, 0.2) is 35.6 Å². The maximum Gasteiger partial charge on any atom is 0.339 e. The maximum atomic E-state index is 13.3. The van der Waals surface area contributed by atoms with Crippen LogP contribution in [0, 0.1) is 5.92 Å². The van der Waals surface area contributed by atoms with Crippen molar-refractivity contribution in [3.05, 3.63) is 23.3 Å². The van der Waals surface area contributed by atoms with E-state index in [1.807, 2.05) is 0 Å². The number of aliphatic hydroxyl groups is 1. The average molecular weight is 524 g/mol. The van der Waals surface area contributed by atoms with E-state index in [1.54, 1.807) is 0 Å². The Morgan fingerprint density at radius 1 is 0.892 bits per heavy atom. The van der Waals surface area contributed by atoms with Gasteiger partial charge in [-0.1, -0.05) is 0 Å². The molecule has 14 heteroatoms. The lowest BCUT2D eigenvalue weighted by Gasteiger charge is -2.42. The van der Waals surface area contributed by atoms with Crippen LogP contribution in [-0.2, 0) is 23.7 Å². The van der Waals surface area contributed by atoms with Gasteiger partial charge in [0.05, 0.1) is 18.1 Å². The number of ether oxygens (including phenoxy) is 4. The first-order chi connectivity index (χ1) is 17.6. The number of hydrogen-bond donors (Lipinski definition) is 7. The summed E-state index contributed by atoms with van der Waals surface area (Å²) in [6, 6.07) is 1.34. The summed E-state index contributed by atoms with van der Waals surface area (Å²) in [5, 5.41) is 70.6. The molecule has 0 aliphatic carbocycles. The van der Waals surface area contributed by atoms with Gasteiger partial charge in [0.25, 0.3) is 0 Å². The van der Waals surface area contributed by atoms with Crippen molar-refractivity contribution in [2.24, 2.45) is 5.92 Å². The third kappa shape index (κ3) is 4.70. The quantitative estimate of drug-likeness (QED) is 0.138. The predicted octanol–water partition coefficient (Wildman–Crippen LogP) is 0.119. The number of aldehydes is 2. The highest BCUT2D eigenvalue weighted by Crippen LogP contribution is 2.52. The Morgan fingerprint density at radius 3 is 2.00 bits per heavy atom. The summed E-state index contributed by atoms with van der Waals surface area (Å²) in [7, 11) is 2.50. The molecule has 0 bridgehead atoms. The van der Waals surface area contributed by atoms with Crippen molar-refractivity contribution in [1.82, 2.24) is 0 Å². The van der Waals surface area contributed by atoms with E-state index in [1.165, 1.54) is 14.2 Å². The zero-order valence-electron chi connectivity index (χ0n) is 19.4. The molecule has 5 atom stereocenters. The van der Waals surface area contributed by atoms with Crippen LogP contribution >= 0.6 is 0 Å². The summed E-state index contributed by atoms with van der Waals surface area (Å²) in [5.41, 5.74) is -2.76. The van der Waals surface area contributed by atoms with Gasteiger partial charge in [0, 0.05) is 30.9 Å². The second-order valence-electron chi connectivity index (χ2n) is 7.94. The molecule has 0 radical (unpaired) electrons. The number of aliphatic hydroxyl groups excluding tert-OH is 1. The standard InChI is InChI=1S/C23H24O14/c1-34-21-10(6-25)20(13(7-26)36-23(21)35-2)37-22(33)9-4-12(28)17(30)19(32)15(9)14-8(5-24)3-11(27)16(29)18(14)31/h3-6,10,13,20-21,23,26-32H,7H2,1-2H3/t10-,13?,20-,21?,23-/m0/s1. The van der Waals surface area contributed by atoms with Gasteiger partial charge in [-0.2, -0.15) is 0 Å². The molecule has 37 heavy (non-hydrogen) atoms. The largest absolute Gasteiger partial charge is 0.504 e. The zero-order valence-corrected chi connectivity index (χ0v) is 19.4. The van der Waals surface area contributed by atoms with Crippen LogP contribution in [0.15, 0.2) is 12.1 Å². The van der Waals surface area contributed by atoms with Crippen molar-refractivity contribution in [3.63, 3.8) is 0 Å². The lowest BCUT2D eigenvalue weighted by molar-refractivity contribution is -0.280. The molecule has 1 aliphatic heterocycles. The molecular formula is C23H24O14. The highest BCUT2D eigenvalue weighted by Gasteiger charge is 2.49. The second kappa shape index (κ2) is 10.9. The van der Waals surface area contributed by atoms with Crippen molar-refractivity contribution >= 4 is 18.5 Å². The van der Waals surface area contributed by atoms with Crippen LogP contribution < -0.4 is 0 Å². The van der Waals surface area contributed by atoms with Crippen molar-refractivity contribution in [1.29, 1.82) is 0 Å². The number of benzene rings is 2. The molecule has 2 aromatic carbocycles. The maximum absolute atomic E-state index is 13.3. The number of phenols is 6. The van der Waals surface area contributed by atoms with Gasteiger partial charge in [-0.25, -0.2) is 4.79 Å². The van der Waals surface area contributed by atoms with Gasteiger partial charge in [0.2, 0.25) is 11.5 Å². The Labute approximate surface area is 208 Å². The summed E-state index contributed by atoms with van der Waals surface area (Å²) in [6.45, 7) is -0.737. The Morgan fingerprint density at radius 2 is 1.49 bits per heavy atom. The fourth-order valence-corrected chi connectivity index (χ4v) is 4.12. The van der Waals surface area contributed by atoms with Gasteiger partial charge in [-0.15, -0.1) is 0 Å².